The average Bonchev–Trinajstić information content (AvgIpc) is 2.60. The molecule has 0 amide bonds. The van der Waals surface area contributed by atoms with Crippen LogP contribution < -0.4 is 10.6 Å². The van der Waals surface area contributed by atoms with Gasteiger partial charge >= 0.3 is 0 Å². The third kappa shape index (κ3) is 7.04. The molecule has 1 fully saturated rings. The number of hydrogen-bond acceptors (Lipinski definition) is 3. The molecule has 0 heterocycles. The van der Waals surface area contributed by atoms with Crippen LogP contribution in [-0.4, -0.2) is 64.3 Å². The Bertz CT molecular complexity index is 520. The normalized spacial score (nSPS) is 15.9. The van der Waals surface area contributed by atoms with Crippen molar-refractivity contribution < 1.29 is 4.74 Å². The predicted octanol–water partition coefficient (Wildman–Crippen LogP) is 2.86. The van der Waals surface area contributed by atoms with Crippen LogP contribution in [0.25, 0.3) is 0 Å². The van der Waals surface area contributed by atoms with Crippen molar-refractivity contribution in [1.29, 1.82) is 0 Å². The summed E-state index contributed by atoms with van der Waals surface area (Å²) in [6.45, 7) is 7.41. The Labute approximate surface area is 176 Å². The molecule has 1 aliphatic carbocycles. The molecule has 0 bridgehead atoms. The van der Waals surface area contributed by atoms with Crippen molar-refractivity contribution in [1.82, 2.24) is 15.5 Å². The van der Waals surface area contributed by atoms with Crippen LogP contribution >= 0.6 is 24.0 Å². The molecule has 1 aliphatic rings. The highest BCUT2D eigenvalue weighted by atomic mass is 127. The van der Waals surface area contributed by atoms with E-state index in [0.717, 1.165) is 45.3 Å². The van der Waals surface area contributed by atoms with Crippen LogP contribution in [0.2, 0.25) is 0 Å². The third-order valence-corrected chi connectivity index (χ3v) is 5.04. The molecular weight excluding hydrogens is 439 g/mol. The number of methoxy groups -OCH3 is 1. The van der Waals surface area contributed by atoms with Crippen molar-refractivity contribution >= 4 is 29.9 Å². The lowest BCUT2D eigenvalue weighted by molar-refractivity contribution is 0.162. The molecule has 26 heavy (non-hydrogen) atoms. The maximum atomic E-state index is 5.12. The van der Waals surface area contributed by atoms with Crippen LogP contribution in [-0.2, 0) is 10.2 Å². The summed E-state index contributed by atoms with van der Waals surface area (Å²) in [4.78, 5) is 7.16. The highest BCUT2D eigenvalue weighted by Crippen LogP contribution is 2.43. The Morgan fingerprint density at radius 3 is 2.50 bits per heavy atom. The number of halogens is 1. The van der Waals surface area contributed by atoms with E-state index in [0.29, 0.717) is 0 Å². The standard InChI is InChI=1S/C20H34N4O.HI/c1-4-21-19(22-13-14-24(2)15-16-25-3)23-17-20(11-8-12-20)18-9-6-5-7-10-18;/h5-7,9-10H,4,8,11-17H2,1-3H3,(H2,21,22,23);1H. The Morgan fingerprint density at radius 2 is 1.92 bits per heavy atom. The van der Waals surface area contributed by atoms with Gasteiger partial charge in [0.05, 0.1) is 13.2 Å². The molecule has 0 radical (unpaired) electrons. The second-order valence-corrected chi connectivity index (χ2v) is 6.92. The van der Waals surface area contributed by atoms with Gasteiger partial charge in [-0.25, -0.2) is 0 Å². The van der Waals surface area contributed by atoms with Crippen LogP contribution in [0.5, 0.6) is 0 Å². The first kappa shape index (κ1) is 23.2. The van der Waals surface area contributed by atoms with E-state index in [-0.39, 0.29) is 29.4 Å². The van der Waals surface area contributed by atoms with E-state index in [4.69, 9.17) is 9.73 Å². The summed E-state index contributed by atoms with van der Waals surface area (Å²) >= 11 is 0. The summed E-state index contributed by atoms with van der Waals surface area (Å²) < 4.78 is 5.12. The number of guanidine groups is 1. The topological polar surface area (TPSA) is 48.9 Å². The van der Waals surface area contributed by atoms with Gasteiger partial charge in [0.1, 0.15) is 0 Å². The molecular formula is C20H35IN4O. The molecule has 0 spiro atoms. The van der Waals surface area contributed by atoms with Crippen molar-refractivity contribution in [3.05, 3.63) is 35.9 Å². The molecule has 5 nitrogen and oxygen atoms in total. The first-order valence-corrected chi connectivity index (χ1v) is 9.45. The van der Waals surface area contributed by atoms with E-state index in [1.807, 2.05) is 0 Å². The van der Waals surface area contributed by atoms with Gasteiger partial charge in [0.2, 0.25) is 0 Å². The number of nitrogens with one attached hydrogen (secondary N) is 2. The molecule has 148 valence electrons. The second-order valence-electron chi connectivity index (χ2n) is 6.92. The number of nitrogens with zero attached hydrogens (tertiary/aromatic N) is 2. The number of aliphatic imine (C=N–C) groups is 1. The van der Waals surface area contributed by atoms with Gasteiger partial charge in [-0.3, -0.25) is 4.99 Å². The molecule has 0 atom stereocenters. The summed E-state index contributed by atoms with van der Waals surface area (Å²) in [7, 11) is 3.86. The van der Waals surface area contributed by atoms with E-state index < -0.39 is 0 Å². The highest BCUT2D eigenvalue weighted by Gasteiger charge is 2.38. The van der Waals surface area contributed by atoms with Gasteiger partial charge in [-0.1, -0.05) is 36.8 Å². The van der Waals surface area contributed by atoms with Gasteiger partial charge < -0.3 is 20.3 Å². The largest absolute Gasteiger partial charge is 0.383 e. The molecule has 0 saturated heterocycles. The van der Waals surface area contributed by atoms with Crippen LogP contribution in [0.3, 0.4) is 0 Å². The molecule has 2 N–H and O–H groups in total. The lowest BCUT2D eigenvalue weighted by Crippen LogP contribution is -2.43. The zero-order valence-corrected chi connectivity index (χ0v) is 18.8. The van der Waals surface area contributed by atoms with Gasteiger partial charge in [-0.05, 0) is 32.4 Å². The predicted molar refractivity (Wildman–Crippen MR) is 121 cm³/mol. The summed E-state index contributed by atoms with van der Waals surface area (Å²) in [6.07, 6.45) is 3.78. The second kappa shape index (κ2) is 12.5. The van der Waals surface area contributed by atoms with Gasteiger partial charge in [0.25, 0.3) is 0 Å². The van der Waals surface area contributed by atoms with Crippen LogP contribution in [0.15, 0.2) is 35.3 Å². The molecule has 2 rings (SSSR count). The molecule has 1 aromatic rings. The smallest absolute Gasteiger partial charge is 0.191 e. The Kier molecular flexibility index (Phi) is 11.2. The molecule has 1 aromatic carbocycles. The fourth-order valence-electron chi connectivity index (χ4n) is 3.23. The SMILES string of the molecule is CCNC(=NCC1(c2ccccc2)CCC1)NCCN(C)CCOC.I. The first-order chi connectivity index (χ1) is 12.2. The number of benzene rings is 1. The maximum Gasteiger partial charge on any atom is 0.191 e. The third-order valence-electron chi connectivity index (χ3n) is 5.04. The van der Waals surface area contributed by atoms with Crippen molar-refractivity contribution in [2.75, 3.05) is 53.5 Å². The molecule has 0 aliphatic heterocycles. The number of hydrogen-bond donors (Lipinski definition) is 2. The lowest BCUT2D eigenvalue weighted by Gasteiger charge is -2.41. The average molecular weight is 474 g/mol. The van der Waals surface area contributed by atoms with E-state index in [1.165, 1.54) is 24.8 Å². The van der Waals surface area contributed by atoms with Crippen molar-refractivity contribution in [2.45, 2.75) is 31.6 Å². The highest BCUT2D eigenvalue weighted by molar-refractivity contribution is 14.0. The van der Waals surface area contributed by atoms with E-state index >= 15 is 0 Å². The van der Waals surface area contributed by atoms with E-state index in [1.54, 1.807) is 7.11 Å². The minimum absolute atomic E-state index is 0. The van der Waals surface area contributed by atoms with Crippen LogP contribution in [0, 0.1) is 0 Å². The minimum atomic E-state index is 0. The van der Waals surface area contributed by atoms with Crippen molar-refractivity contribution in [2.24, 2.45) is 4.99 Å². The van der Waals surface area contributed by atoms with E-state index in [9.17, 15) is 0 Å². The molecule has 0 unspecified atom stereocenters. The van der Waals surface area contributed by atoms with Crippen molar-refractivity contribution in [3.8, 4) is 0 Å². The lowest BCUT2D eigenvalue weighted by atomic mass is 9.64. The maximum absolute atomic E-state index is 5.12. The monoisotopic (exact) mass is 474 g/mol. The van der Waals surface area contributed by atoms with Gasteiger partial charge in [0, 0.05) is 38.7 Å². The Hall–Kier alpha value is -0.860. The van der Waals surface area contributed by atoms with Crippen LogP contribution in [0.4, 0.5) is 0 Å². The quantitative estimate of drug-likeness (QED) is 0.311. The van der Waals surface area contributed by atoms with Crippen LogP contribution in [0.1, 0.15) is 31.7 Å². The Balaban J connectivity index is 0.00000338. The zero-order valence-electron chi connectivity index (χ0n) is 16.5. The summed E-state index contributed by atoms with van der Waals surface area (Å²) in [5, 5.41) is 6.82. The van der Waals surface area contributed by atoms with Crippen molar-refractivity contribution in [3.63, 3.8) is 0 Å². The minimum Gasteiger partial charge on any atom is -0.383 e. The van der Waals surface area contributed by atoms with Gasteiger partial charge in [-0.2, -0.15) is 0 Å². The first-order valence-electron chi connectivity index (χ1n) is 9.45. The number of rotatable bonds is 10. The van der Waals surface area contributed by atoms with E-state index in [2.05, 4.69) is 59.8 Å². The fourth-order valence-corrected chi connectivity index (χ4v) is 3.23. The fraction of sp³-hybridized carbons (Fsp3) is 0.650. The van der Waals surface area contributed by atoms with Gasteiger partial charge in [-0.15, -0.1) is 24.0 Å². The Morgan fingerprint density at radius 1 is 1.19 bits per heavy atom. The molecule has 1 saturated carbocycles. The summed E-state index contributed by atoms with van der Waals surface area (Å²) in [5.41, 5.74) is 1.67. The number of ether oxygens (including phenoxy) is 1. The summed E-state index contributed by atoms with van der Waals surface area (Å²) in [5.74, 6) is 0.921. The zero-order chi connectivity index (χ0) is 18.0. The molecule has 6 heteroatoms. The molecule has 0 aromatic heterocycles. The summed E-state index contributed by atoms with van der Waals surface area (Å²) in [6, 6.07) is 10.9. The van der Waals surface area contributed by atoms with Gasteiger partial charge in [0.15, 0.2) is 5.96 Å². The number of likely N-dealkylation sites (N-methyl/N-ethyl adjacent to an activating group) is 1.